The molecule has 2 aliphatic carbocycles. The zero-order chi connectivity index (χ0) is 10.3. The van der Waals surface area contributed by atoms with E-state index in [1.165, 1.54) is 0 Å². The number of aliphatic hydroxyl groups is 1. The van der Waals surface area contributed by atoms with Crippen LogP contribution in [0.15, 0.2) is 11.6 Å². The molecule has 1 fully saturated rings. The van der Waals surface area contributed by atoms with Crippen molar-refractivity contribution in [3.05, 3.63) is 11.6 Å². The maximum absolute atomic E-state index is 11.7. The summed E-state index contributed by atoms with van der Waals surface area (Å²) in [6.45, 7) is 4.19. The van der Waals surface area contributed by atoms with E-state index in [0.29, 0.717) is 18.8 Å². The van der Waals surface area contributed by atoms with Crippen molar-refractivity contribution in [2.24, 2.45) is 11.3 Å². The van der Waals surface area contributed by atoms with Crippen molar-refractivity contribution in [1.29, 1.82) is 0 Å². The molecule has 0 unspecified atom stereocenters. The van der Waals surface area contributed by atoms with Gasteiger partial charge in [0.1, 0.15) is 0 Å². The number of hydrogen-bond acceptors (Lipinski definition) is 2. The highest BCUT2D eigenvalue weighted by Gasteiger charge is 2.47. The molecule has 0 aromatic heterocycles. The number of carbonyl (C=O) groups is 1. The van der Waals surface area contributed by atoms with Gasteiger partial charge in [0.25, 0.3) is 0 Å². The van der Waals surface area contributed by atoms with Crippen LogP contribution in [0, 0.1) is 11.3 Å². The van der Waals surface area contributed by atoms with Gasteiger partial charge in [-0.1, -0.05) is 19.9 Å². The van der Waals surface area contributed by atoms with E-state index in [1.807, 2.05) is 13.0 Å². The van der Waals surface area contributed by atoms with Crippen molar-refractivity contribution in [3.8, 4) is 0 Å². The lowest BCUT2D eigenvalue weighted by molar-refractivity contribution is -0.123. The predicted octanol–water partition coefficient (Wildman–Crippen LogP) is 2.07. The van der Waals surface area contributed by atoms with Crippen LogP contribution in [0.25, 0.3) is 0 Å². The van der Waals surface area contributed by atoms with E-state index in [4.69, 9.17) is 0 Å². The number of ketones is 1. The fraction of sp³-hybridized carbons (Fsp3) is 0.750. The van der Waals surface area contributed by atoms with Gasteiger partial charge in [-0.05, 0) is 30.8 Å². The standard InChI is InChI=1S/C12H18O2/c1-8-4-3-5-9-10(13)6-7-11(14)12(8,9)2/h5,8,11,14H,3-4,6-7H2,1-2H3/t8-,11-,12+/m1/s1. The van der Waals surface area contributed by atoms with Crippen LogP contribution in [0.5, 0.6) is 0 Å². The third-order valence-electron chi connectivity index (χ3n) is 4.19. The quantitative estimate of drug-likeness (QED) is 0.641. The van der Waals surface area contributed by atoms with Crippen LogP contribution in [-0.4, -0.2) is 17.0 Å². The highest BCUT2D eigenvalue weighted by molar-refractivity contribution is 5.97. The van der Waals surface area contributed by atoms with Crippen molar-refractivity contribution in [2.75, 3.05) is 0 Å². The molecule has 2 rings (SSSR count). The van der Waals surface area contributed by atoms with Crippen LogP contribution in [0.1, 0.15) is 39.5 Å². The van der Waals surface area contributed by atoms with E-state index in [0.717, 1.165) is 18.4 Å². The van der Waals surface area contributed by atoms with Crippen LogP contribution in [0.3, 0.4) is 0 Å². The van der Waals surface area contributed by atoms with Crippen molar-refractivity contribution in [2.45, 2.75) is 45.6 Å². The molecule has 2 nitrogen and oxygen atoms in total. The fourth-order valence-corrected chi connectivity index (χ4v) is 2.89. The molecule has 0 saturated heterocycles. The Kier molecular flexibility index (Phi) is 2.26. The molecule has 0 radical (unpaired) electrons. The van der Waals surface area contributed by atoms with Gasteiger partial charge in [0.05, 0.1) is 6.10 Å². The van der Waals surface area contributed by atoms with Gasteiger partial charge in [0, 0.05) is 11.8 Å². The van der Waals surface area contributed by atoms with E-state index in [2.05, 4.69) is 6.92 Å². The van der Waals surface area contributed by atoms with Crippen LogP contribution in [0.4, 0.5) is 0 Å². The number of fused-ring (bicyclic) bond motifs is 1. The summed E-state index contributed by atoms with van der Waals surface area (Å²) in [7, 11) is 0. The summed E-state index contributed by atoms with van der Waals surface area (Å²) in [6, 6.07) is 0. The largest absolute Gasteiger partial charge is 0.392 e. The SMILES string of the molecule is C[C@@H]1CCC=C2C(=O)CC[C@@H](O)[C@]21C. The van der Waals surface area contributed by atoms with E-state index >= 15 is 0 Å². The number of Topliss-reactive ketones (excluding diaryl/α,β-unsaturated/α-hetero) is 1. The molecule has 2 aliphatic rings. The Labute approximate surface area is 85.0 Å². The van der Waals surface area contributed by atoms with Gasteiger partial charge in [-0.25, -0.2) is 0 Å². The third-order valence-corrected chi connectivity index (χ3v) is 4.19. The molecule has 1 N–H and O–H groups in total. The average molecular weight is 194 g/mol. The molecule has 0 spiro atoms. The Morgan fingerprint density at radius 1 is 1.50 bits per heavy atom. The summed E-state index contributed by atoms with van der Waals surface area (Å²) in [5, 5.41) is 10.1. The van der Waals surface area contributed by atoms with Crippen molar-refractivity contribution in [1.82, 2.24) is 0 Å². The number of allylic oxidation sites excluding steroid dienone is 1. The number of rotatable bonds is 0. The molecule has 0 aromatic carbocycles. The van der Waals surface area contributed by atoms with Gasteiger partial charge in [-0.2, -0.15) is 0 Å². The smallest absolute Gasteiger partial charge is 0.159 e. The first kappa shape index (κ1) is 9.91. The van der Waals surface area contributed by atoms with Gasteiger partial charge in [0.2, 0.25) is 0 Å². The molecule has 0 heterocycles. The molecule has 0 aromatic rings. The maximum Gasteiger partial charge on any atom is 0.159 e. The summed E-state index contributed by atoms with van der Waals surface area (Å²) in [5.74, 6) is 0.672. The Morgan fingerprint density at radius 3 is 2.86 bits per heavy atom. The minimum atomic E-state index is -0.332. The molecule has 1 saturated carbocycles. The van der Waals surface area contributed by atoms with Crippen LogP contribution < -0.4 is 0 Å². The van der Waals surface area contributed by atoms with Gasteiger partial charge in [-0.15, -0.1) is 0 Å². The first-order valence-corrected chi connectivity index (χ1v) is 5.48. The molecule has 78 valence electrons. The van der Waals surface area contributed by atoms with E-state index in [9.17, 15) is 9.90 Å². The Balaban J connectivity index is 2.44. The lowest BCUT2D eigenvalue weighted by Crippen LogP contribution is -2.47. The highest BCUT2D eigenvalue weighted by atomic mass is 16.3. The maximum atomic E-state index is 11.7. The van der Waals surface area contributed by atoms with Crippen molar-refractivity contribution in [3.63, 3.8) is 0 Å². The fourth-order valence-electron chi connectivity index (χ4n) is 2.89. The Bertz CT molecular complexity index is 293. The first-order chi connectivity index (χ1) is 6.56. The molecule has 2 heteroatoms. The van der Waals surface area contributed by atoms with Gasteiger partial charge < -0.3 is 5.11 Å². The van der Waals surface area contributed by atoms with Crippen LogP contribution >= 0.6 is 0 Å². The minimum Gasteiger partial charge on any atom is -0.392 e. The molecule has 0 aliphatic heterocycles. The van der Waals surface area contributed by atoms with E-state index < -0.39 is 0 Å². The topological polar surface area (TPSA) is 37.3 Å². The predicted molar refractivity (Wildman–Crippen MR) is 54.8 cm³/mol. The normalized spacial score (nSPS) is 43.1. The Hall–Kier alpha value is -0.630. The third kappa shape index (κ3) is 1.17. The average Bonchev–Trinajstić information content (AvgIpc) is 2.16. The van der Waals surface area contributed by atoms with Crippen LogP contribution in [-0.2, 0) is 4.79 Å². The van der Waals surface area contributed by atoms with Gasteiger partial charge in [0.15, 0.2) is 5.78 Å². The molecular formula is C12H18O2. The molecule has 0 amide bonds. The van der Waals surface area contributed by atoms with Crippen molar-refractivity contribution < 1.29 is 9.90 Å². The summed E-state index contributed by atoms with van der Waals surface area (Å²) < 4.78 is 0. The number of carbonyl (C=O) groups excluding carboxylic acids is 1. The lowest BCUT2D eigenvalue weighted by atomic mass is 9.59. The first-order valence-electron chi connectivity index (χ1n) is 5.48. The lowest BCUT2D eigenvalue weighted by Gasteiger charge is -2.46. The molecule has 3 atom stereocenters. The second-order valence-corrected chi connectivity index (χ2v) is 4.86. The van der Waals surface area contributed by atoms with E-state index in [-0.39, 0.29) is 17.3 Å². The summed E-state index contributed by atoms with van der Waals surface area (Å²) in [4.78, 5) is 11.7. The molecule has 14 heavy (non-hydrogen) atoms. The summed E-state index contributed by atoms with van der Waals surface area (Å²) in [6.07, 6.45) is 4.95. The summed E-state index contributed by atoms with van der Waals surface area (Å²) in [5.41, 5.74) is 0.628. The monoisotopic (exact) mass is 194 g/mol. The summed E-state index contributed by atoms with van der Waals surface area (Å²) >= 11 is 0. The minimum absolute atomic E-state index is 0.254. The zero-order valence-electron chi connectivity index (χ0n) is 8.92. The van der Waals surface area contributed by atoms with Gasteiger partial charge in [-0.3, -0.25) is 4.79 Å². The zero-order valence-corrected chi connectivity index (χ0v) is 8.92. The van der Waals surface area contributed by atoms with Crippen LogP contribution in [0.2, 0.25) is 0 Å². The number of hydrogen-bond donors (Lipinski definition) is 1. The van der Waals surface area contributed by atoms with Crippen molar-refractivity contribution >= 4 is 5.78 Å². The molecule has 0 bridgehead atoms. The van der Waals surface area contributed by atoms with Gasteiger partial charge >= 0.3 is 0 Å². The highest BCUT2D eigenvalue weighted by Crippen LogP contribution is 2.49. The molecular weight excluding hydrogens is 176 g/mol. The second-order valence-electron chi connectivity index (χ2n) is 4.86. The number of aliphatic hydroxyl groups excluding tert-OH is 1. The Morgan fingerprint density at radius 2 is 2.21 bits per heavy atom. The van der Waals surface area contributed by atoms with E-state index in [1.54, 1.807) is 0 Å². The second kappa shape index (κ2) is 3.20.